The van der Waals surface area contributed by atoms with Gasteiger partial charge in [0.1, 0.15) is 5.75 Å². The molecule has 2 aromatic carbocycles. The van der Waals surface area contributed by atoms with Crippen molar-refractivity contribution in [3.05, 3.63) is 42.0 Å². The van der Waals surface area contributed by atoms with Gasteiger partial charge in [-0.1, -0.05) is 51.1 Å². The first-order valence-corrected chi connectivity index (χ1v) is 8.80. The summed E-state index contributed by atoms with van der Waals surface area (Å²) in [4.78, 5) is 0. The molecule has 1 radical (unpaired) electrons. The molecular weight excluding hydrogens is 236 g/mol. The second-order valence-corrected chi connectivity index (χ2v) is 7.94. The molecule has 0 atom stereocenters. The molecule has 95 valence electrons. The second-order valence-electron chi connectivity index (χ2n) is 5.92. The Hall–Kier alpha value is -1.28. The zero-order valence-electron chi connectivity index (χ0n) is 11.9. The lowest BCUT2D eigenvalue weighted by Gasteiger charge is -2.23. The average molecular weight is 257 g/mol. The van der Waals surface area contributed by atoms with Crippen LogP contribution in [0.3, 0.4) is 0 Å². The summed E-state index contributed by atoms with van der Waals surface area (Å²) in [6.07, 6.45) is 0. The Bertz CT molecular complexity index is 547. The molecule has 0 aliphatic rings. The Kier molecular flexibility index (Phi) is 3.49. The Morgan fingerprint density at radius 2 is 1.56 bits per heavy atom. The van der Waals surface area contributed by atoms with Gasteiger partial charge in [0.15, 0.2) is 0 Å². The third-order valence-corrected chi connectivity index (χ3v) is 3.62. The van der Waals surface area contributed by atoms with Gasteiger partial charge in [0, 0.05) is 5.39 Å². The Morgan fingerprint density at radius 1 is 0.944 bits per heavy atom. The molecule has 2 rings (SSSR count). The fourth-order valence-corrected chi connectivity index (χ4v) is 2.85. The standard InChI is InChI=1S/C16H21OSi/c1-16(2,3)13-10-6-8-12-9-7-11-14(15(12)13)17-18(4)5/h6-11H,1-5H3. The first-order valence-electron chi connectivity index (χ1n) is 6.40. The second kappa shape index (κ2) is 4.77. The van der Waals surface area contributed by atoms with Gasteiger partial charge in [0.25, 0.3) is 9.04 Å². The van der Waals surface area contributed by atoms with E-state index in [-0.39, 0.29) is 5.41 Å². The summed E-state index contributed by atoms with van der Waals surface area (Å²) in [6, 6.07) is 12.8. The summed E-state index contributed by atoms with van der Waals surface area (Å²) in [6.45, 7) is 11.1. The molecule has 18 heavy (non-hydrogen) atoms. The van der Waals surface area contributed by atoms with E-state index in [4.69, 9.17) is 4.43 Å². The average Bonchev–Trinajstić information content (AvgIpc) is 2.26. The van der Waals surface area contributed by atoms with Gasteiger partial charge >= 0.3 is 0 Å². The van der Waals surface area contributed by atoms with E-state index in [0.29, 0.717) is 0 Å². The Morgan fingerprint density at radius 3 is 2.11 bits per heavy atom. The fraction of sp³-hybridized carbons (Fsp3) is 0.375. The zero-order valence-corrected chi connectivity index (χ0v) is 12.9. The predicted molar refractivity (Wildman–Crippen MR) is 80.8 cm³/mol. The van der Waals surface area contributed by atoms with E-state index < -0.39 is 9.04 Å². The molecule has 2 heteroatoms. The van der Waals surface area contributed by atoms with Crippen molar-refractivity contribution in [1.82, 2.24) is 0 Å². The van der Waals surface area contributed by atoms with Crippen LogP contribution in [0.15, 0.2) is 36.4 Å². The summed E-state index contributed by atoms with van der Waals surface area (Å²) in [5, 5.41) is 2.54. The van der Waals surface area contributed by atoms with Gasteiger partial charge in [-0.05, 0) is 35.5 Å². The van der Waals surface area contributed by atoms with Crippen molar-refractivity contribution >= 4 is 19.8 Å². The third-order valence-electron chi connectivity index (χ3n) is 2.99. The highest BCUT2D eigenvalue weighted by molar-refractivity contribution is 6.49. The van der Waals surface area contributed by atoms with Gasteiger partial charge in [0.05, 0.1) is 0 Å². The van der Waals surface area contributed by atoms with Crippen molar-refractivity contribution in [2.24, 2.45) is 0 Å². The van der Waals surface area contributed by atoms with Crippen LogP contribution in [0, 0.1) is 0 Å². The maximum absolute atomic E-state index is 6.07. The highest BCUT2D eigenvalue weighted by Crippen LogP contribution is 2.35. The van der Waals surface area contributed by atoms with Crippen molar-refractivity contribution in [3.63, 3.8) is 0 Å². The summed E-state index contributed by atoms with van der Waals surface area (Å²) < 4.78 is 6.07. The van der Waals surface area contributed by atoms with Crippen LogP contribution in [0.1, 0.15) is 26.3 Å². The first kappa shape index (κ1) is 13.2. The van der Waals surface area contributed by atoms with Crippen LogP contribution in [-0.2, 0) is 5.41 Å². The molecule has 0 spiro atoms. The zero-order chi connectivity index (χ0) is 13.3. The molecule has 0 bridgehead atoms. The van der Waals surface area contributed by atoms with E-state index in [2.05, 4.69) is 70.3 Å². The largest absolute Gasteiger partial charge is 0.542 e. The first-order chi connectivity index (χ1) is 8.39. The minimum atomic E-state index is -0.739. The van der Waals surface area contributed by atoms with Crippen LogP contribution in [0.5, 0.6) is 5.75 Å². The number of hydrogen-bond donors (Lipinski definition) is 0. The van der Waals surface area contributed by atoms with Gasteiger partial charge in [-0.2, -0.15) is 0 Å². The number of fused-ring (bicyclic) bond motifs is 1. The van der Waals surface area contributed by atoms with Crippen molar-refractivity contribution in [3.8, 4) is 5.75 Å². The van der Waals surface area contributed by atoms with Crippen molar-refractivity contribution < 1.29 is 4.43 Å². The smallest absolute Gasteiger partial charge is 0.274 e. The van der Waals surface area contributed by atoms with Gasteiger partial charge in [-0.15, -0.1) is 0 Å². The molecule has 0 aliphatic heterocycles. The lowest BCUT2D eigenvalue weighted by Crippen LogP contribution is -2.15. The minimum Gasteiger partial charge on any atom is -0.542 e. The quantitative estimate of drug-likeness (QED) is 0.704. The van der Waals surface area contributed by atoms with Crippen molar-refractivity contribution in [2.75, 3.05) is 0 Å². The lowest BCUT2D eigenvalue weighted by atomic mass is 9.83. The van der Waals surface area contributed by atoms with E-state index in [0.717, 1.165) is 5.75 Å². The molecule has 0 amide bonds. The molecule has 1 nitrogen and oxygen atoms in total. The van der Waals surface area contributed by atoms with Crippen LogP contribution in [0.2, 0.25) is 13.1 Å². The van der Waals surface area contributed by atoms with E-state index in [9.17, 15) is 0 Å². The van der Waals surface area contributed by atoms with Gasteiger partial charge in [-0.25, -0.2) is 0 Å². The number of benzene rings is 2. The van der Waals surface area contributed by atoms with E-state index in [1.54, 1.807) is 0 Å². The lowest BCUT2D eigenvalue weighted by molar-refractivity contribution is 0.574. The topological polar surface area (TPSA) is 9.23 Å². The third kappa shape index (κ3) is 2.59. The molecule has 0 aromatic heterocycles. The van der Waals surface area contributed by atoms with Crippen LogP contribution in [0.25, 0.3) is 10.8 Å². The van der Waals surface area contributed by atoms with Crippen LogP contribution >= 0.6 is 0 Å². The predicted octanol–water partition coefficient (Wildman–Crippen LogP) is 4.77. The van der Waals surface area contributed by atoms with Gasteiger partial charge < -0.3 is 4.43 Å². The number of rotatable bonds is 2. The van der Waals surface area contributed by atoms with Crippen LogP contribution in [-0.4, -0.2) is 9.04 Å². The minimum absolute atomic E-state index is 0.132. The van der Waals surface area contributed by atoms with E-state index in [1.807, 2.05) is 0 Å². The molecule has 0 heterocycles. The number of hydrogen-bond acceptors (Lipinski definition) is 1. The highest BCUT2D eigenvalue weighted by atomic mass is 28.3. The maximum atomic E-state index is 6.07. The summed E-state index contributed by atoms with van der Waals surface area (Å²) in [5.74, 6) is 1.04. The van der Waals surface area contributed by atoms with Crippen molar-refractivity contribution in [2.45, 2.75) is 39.3 Å². The molecule has 0 saturated heterocycles. The maximum Gasteiger partial charge on any atom is 0.274 e. The SMILES string of the molecule is C[Si](C)Oc1cccc2cccc(C(C)(C)C)c12. The van der Waals surface area contributed by atoms with E-state index in [1.165, 1.54) is 16.3 Å². The highest BCUT2D eigenvalue weighted by Gasteiger charge is 2.19. The Labute approximate surface area is 112 Å². The van der Waals surface area contributed by atoms with Crippen LogP contribution in [0.4, 0.5) is 0 Å². The van der Waals surface area contributed by atoms with Crippen LogP contribution < -0.4 is 4.43 Å². The molecule has 0 unspecified atom stereocenters. The molecule has 0 saturated carbocycles. The van der Waals surface area contributed by atoms with Gasteiger partial charge in [-0.3, -0.25) is 0 Å². The summed E-state index contributed by atoms with van der Waals surface area (Å²) in [7, 11) is -0.739. The monoisotopic (exact) mass is 257 g/mol. The van der Waals surface area contributed by atoms with Gasteiger partial charge in [0.2, 0.25) is 0 Å². The fourth-order valence-electron chi connectivity index (χ4n) is 2.24. The molecule has 0 N–H and O–H groups in total. The summed E-state index contributed by atoms with van der Waals surface area (Å²) >= 11 is 0. The molecule has 0 aliphatic carbocycles. The summed E-state index contributed by atoms with van der Waals surface area (Å²) in [5.41, 5.74) is 1.49. The Balaban J connectivity index is 2.72. The van der Waals surface area contributed by atoms with E-state index >= 15 is 0 Å². The molecule has 0 fully saturated rings. The molecule has 2 aromatic rings. The molecular formula is C16H21OSi. The normalized spacial score (nSPS) is 12.1. The van der Waals surface area contributed by atoms with Crippen molar-refractivity contribution in [1.29, 1.82) is 0 Å².